The van der Waals surface area contributed by atoms with Gasteiger partial charge in [0, 0.05) is 18.9 Å². The summed E-state index contributed by atoms with van der Waals surface area (Å²) in [5.41, 5.74) is 0.0905. The lowest BCUT2D eigenvalue weighted by Crippen LogP contribution is -2.28. The minimum absolute atomic E-state index is 0.0155. The Morgan fingerprint density at radius 2 is 2.24 bits per heavy atom. The fourth-order valence-corrected chi connectivity index (χ4v) is 3.54. The van der Waals surface area contributed by atoms with Crippen molar-refractivity contribution in [3.05, 3.63) is 40.3 Å². The molecule has 0 aliphatic carbocycles. The fourth-order valence-electron chi connectivity index (χ4n) is 3.54. The molecule has 4 rings (SSSR count). The molecule has 0 N–H and O–H groups in total. The molecule has 2 aromatic rings. The van der Waals surface area contributed by atoms with Crippen LogP contribution in [0.3, 0.4) is 0 Å². The van der Waals surface area contributed by atoms with Gasteiger partial charge in [0.2, 0.25) is 5.43 Å². The van der Waals surface area contributed by atoms with Crippen LogP contribution >= 0.6 is 0 Å². The molecule has 1 amide bonds. The molecule has 0 spiro atoms. The molecule has 0 bridgehead atoms. The van der Waals surface area contributed by atoms with Crippen LogP contribution in [-0.4, -0.2) is 52.3 Å². The van der Waals surface area contributed by atoms with Gasteiger partial charge in [0.15, 0.2) is 0 Å². The Morgan fingerprint density at radius 3 is 3.00 bits per heavy atom. The normalized spacial score (nSPS) is 22.1. The largest absolute Gasteiger partial charge is 0.462 e. The Balaban J connectivity index is 1.83. The minimum atomic E-state index is -0.648. The highest BCUT2D eigenvalue weighted by atomic mass is 16.6. The highest BCUT2D eigenvalue weighted by Gasteiger charge is 2.42. The second-order valence-corrected chi connectivity index (χ2v) is 6.15. The van der Waals surface area contributed by atoms with Gasteiger partial charge in [0.1, 0.15) is 17.8 Å². The third kappa shape index (κ3) is 2.45. The van der Waals surface area contributed by atoms with Crippen LogP contribution in [0.25, 0.3) is 11.0 Å². The highest BCUT2D eigenvalue weighted by Crippen LogP contribution is 2.33. The number of cyclic esters (lactones) is 1. The standard InChI is InChI=1S/C17H17N3O5/c1-2-24-16(22)13-8-19(15-12(14(13)21)4-3-5-18-15)10-6-11-9-25-17(23)20(11)7-10/h3-5,8,10-11H,2,6-7,9H2,1H3/t10-,11-/m0/s1. The van der Waals surface area contributed by atoms with Gasteiger partial charge >= 0.3 is 12.1 Å². The summed E-state index contributed by atoms with van der Waals surface area (Å²) in [7, 11) is 0. The summed E-state index contributed by atoms with van der Waals surface area (Å²) in [5.74, 6) is -0.648. The molecular formula is C17H17N3O5. The molecule has 0 aromatic carbocycles. The Labute approximate surface area is 143 Å². The first-order valence-electron chi connectivity index (χ1n) is 8.20. The van der Waals surface area contributed by atoms with Gasteiger partial charge in [-0.25, -0.2) is 14.6 Å². The van der Waals surface area contributed by atoms with Crippen LogP contribution in [0.15, 0.2) is 29.3 Å². The summed E-state index contributed by atoms with van der Waals surface area (Å²) in [6.45, 7) is 2.70. The van der Waals surface area contributed by atoms with Crippen molar-refractivity contribution in [1.29, 1.82) is 0 Å². The smallest absolute Gasteiger partial charge is 0.410 e. The first-order valence-corrected chi connectivity index (χ1v) is 8.20. The van der Waals surface area contributed by atoms with Crippen LogP contribution < -0.4 is 5.43 Å². The van der Waals surface area contributed by atoms with Crippen molar-refractivity contribution >= 4 is 23.1 Å². The number of rotatable bonds is 3. The van der Waals surface area contributed by atoms with Crippen LogP contribution in [-0.2, 0) is 9.47 Å². The number of carbonyl (C=O) groups excluding carboxylic acids is 2. The average Bonchev–Trinajstić information content (AvgIpc) is 3.18. The van der Waals surface area contributed by atoms with Gasteiger partial charge in [-0.15, -0.1) is 0 Å². The molecule has 0 unspecified atom stereocenters. The van der Waals surface area contributed by atoms with Crippen LogP contribution in [0.5, 0.6) is 0 Å². The SMILES string of the molecule is CCOC(=O)c1cn([C@H]2C[C@H]3COC(=O)N3C2)c2ncccc2c1=O. The van der Waals surface area contributed by atoms with E-state index in [0.29, 0.717) is 30.6 Å². The van der Waals surface area contributed by atoms with Gasteiger partial charge in [0.25, 0.3) is 0 Å². The second kappa shape index (κ2) is 5.87. The van der Waals surface area contributed by atoms with Crippen molar-refractivity contribution in [2.75, 3.05) is 19.8 Å². The van der Waals surface area contributed by atoms with Gasteiger partial charge in [0.05, 0.1) is 24.1 Å². The predicted octanol–water partition coefficient (Wildman–Crippen LogP) is 1.34. The molecule has 2 aromatic heterocycles. The number of ether oxygens (including phenoxy) is 2. The molecule has 2 aliphatic rings. The molecular weight excluding hydrogens is 326 g/mol. The number of esters is 1. The summed E-state index contributed by atoms with van der Waals surface area (Å²) in [5, 5.41) is 0.364. The molecule has 0 saturated carbocycles. The van der Waals surface area contributed by atoms with Crippen molar-refractivity contribution in [3.8, 4) is 0 Å². The first kappa shape index (κ1) is 15.6. The maximum absolute atomic E-state index is 12.6. The second-order valence-electron chi connectivity index (χ2n) is 6.15. The Bertz CT molecular complexity index is 922. The van der Waals surface area contributed by atoms with Crippen LogP contribution in [0.1, 0.15) is 29.7 Å². The molecule has 0 radical (unpaired) electrons. The summed E-state index contributed by atoms with van der Waals surface area (Å²) >= 11 is 0. The van der Waals surface area contributed by atoms with E-state index in [1.165, 1.54) is 6.20 Å². The quantitative estimate of drug-likeness (QED) is 0.781. The van der Waals surface area contributed by atoms with Gasteiger partial charge in [-0.1, -0.05) is 0 Å². The number of hydrogen-bond acceptors (Lipinski definition) is 6. The number of hydrogen-bond donors (Lipinski definition) is 0. The van der Waals surface area contributed by atoms with Gasteiger partial charge in [-0.3, -0.25) is 9.69 Å². The van der Waals surface area contributed by atoms with Gasteiger partial charge in [-0.05, 0) is 25.5 Å². The third-order valence-electron chi connectivity index (χ3n) is 4.70. The number of fused-ring (bicyclic) bond motifs is 2. The zero-order valence-electron chi connectivity index (χ0n) is 13.7. The Kier molecular flexibility index (Phi) is 3.67. The maximum Gasteiger partial charge on any atom is 0.410 e. The molecule has 2 saturated heterocycles. The number of aromatic nitrogens is 2. The van der Waals surface area contributed by atoms with Crippen LogP contribution in [0.2, 0.25) is 0 Å². The van der Waals surface area contributed by atoms with E-state index in [4.69, 9.17) is 9.47 Å². The van der Waals surface area contributed by atoms with Crippen LogP contribution in [0, 0.1) is 0 Å². The molecule has 130 valence electrons. The average molecular weight is 343 g/mol. The molecule has 2 atom stereocenters. The summed E-state index contributed by atoms with van der Waals surface area (Å²) < 4.78 is 11.9. The van der Waals surface area contributed by atoms with Gasteiger partial charge < -0.3 is 14.0 Å². The highest BCUT2D eigenvalue weighted by molar-refractivity contribution is 5.93. The lowest BCUT2D eigenvalue weighted by molar-refractivity contribution is 0.0524. The van der Waals surface area contributed by atoms with E-state index in [1.807, 2.05) is 4.57 Å². The topological polar surface area (TPSA) is 90.7 Å². The van der Waals surface area contributed by atoms with E-state index in [9.17, 15) is 14.4 Å². The van der Waals surface area contributed by atoms with E-state index in [1.54, 1.807) is 30.2 Å². The van der Waals surface area contributed by atoms with Crippen molar-refractivity contribution < 1.29 is 19.1 Å². The summed E-state index contributed by atoms with van der Waals surface area (Å²) in [6, 6.07) is 3.24. The zero-order chi connectivity index (χ0) is 17.6. The number of nitrogens with zero attached hydrogens (tertiary/aromatic N) is 3. The molecule has 8 nitrogen and oxygen atoms in total. The molecule has 2 aliphatic heterocycles. The lowest BCUT2D eigenvalue weighted by atomic mass is 10.1. The summed E-state index contributed by atoms with van der Waals surface area (Å²) in [4.78, 5) is 42.6. The van der Waals surface area contributed by atoms with Crippen LogP contribution in [0.4, 0.5) is 4.79 Å². The van der Waals surface area contributed by atoms with E-state index >= 15 is 0 Å². The van der Waals surface area contributed by atoms with Gasteiger partial charge in [-0.2, -0.15) is 0 Å². The molecule has 8 heteroatoms. The lowest BCUT2D eigenvalue weighted by Gasteiger charge is -2.18. The van der Waals surface area contributed by atoms with Crippen molar-refractivity contribution in [3.63, 3.8) is 0 Å². The predicted molar refractivity (Wildman–Crippen MR) is 87.5 cm³/mol. The van der Waals surface area contributed by atoms with E-state index in [-0.39, 0.29) is 30.3 Å². The number of carbonyl (C=O) groups is 2. The van der Waals surface area contributed by atoms with E-state index < -0.39 is 11.4 Å². The zero-order valence-corrected chi connectivity index (χ0v) is 13.7. The van der Waals surface area contributed by atoms with Crippen molar-refractivity contribution in [1.82, 2.24) is 14.5 Å². The van der Waals surface area contributed by atoms with Crippen molar-refractivity contribution in [2.45, 2.75) is 25.4 Å². The van der Waals surface area contributed by atoms with Crippen molar-refractivity contribution in [2.24, 2.45) is 0 Å². The van der Waals surface area contributed by atoms with E-state index in [0.717, 1.165) is 0 Å². The first-order chi connectivity index (χ1) is 12.1. The number of pyridine rings is 2. The molecule has 4 heterocycles. The monoisotopic (exact) mass is 343 g/mol. The van der Waals surface area contributed by atoms with E-state index in [2.05, 4.69) is 4.98 Å². The maximum atomic E-state index is 12.6. The minimum Gasteiger partial charge on any atom is -0.462 e. The number of amides is 1. The fraction of sp³-hybridized carbons (Fsp3) is 0.412. The Hall–Kier alpha value is -2.90. The molecule has 25 heavy (non-hydrogen) atoms. The Morgan fingerprint density at radius 1 is 1.40 bits per heavy atom. The third-order valence-corrected chi connectivity index (χ3v) is 4.70. The summed E-state index contributed by atoms with van der Waals surface area (Å²) in [6.07, 6.45) is 3.47. The molecule has 2 fully saturated rings.